The number of hydrogen-bond donors (Lipinski definition) is 2. The van der Waals surface area contributed by atoms with Crippen LogP contribution in [0.15, 0.2) is 24.5 Å². The van der Waals surface area contributed by atoms with Gasteiger partial charge in [0.1, 0.15) is 5.82 Å². The summed E-state index contributed by atoms with van der Waals surface area (Å²) in [6, 6.07) is 3.95. The molecule has 5 nitrogen and oxygen atoms in total. The average molecular weight is 246 g/mol. The van der Waals surface area contributed by atoms with Crippen LogP contribution in [0.2, 0.25) is 0 Å². The number of hydrogen-bond acceptors (Lipinski definition) is 4. The molecule has 0 spiro atoms. The minimum absolute atomic E-state index is 0.0878. The second-order valence-electron chi connectivity index (χ2n) is 4.21. The second-order valence-corrected chi connectivity index (χ2v) is 4.21. The van der Waals surface area contributed by atoms with Gasteiger partial charge in [-0.05, 0) is 31.5 Å². The zero-order chi connectivity index (χ0) is 13.0. The molecule has 2 heterocycles. The molecule has 5 heteroatoms. The van der Waals surface area contributed by atoms with Gasteiger partial charge >= 0.3 is 0 Å². The standard InChI is InChI=1S/C13H18N4O/c1-10-11(2)16-17(7-8-18)13(10)15-9-12-3-5-14-6-4-12/h3-6,15,18H,7-9H2,1-2H3. The second kappa shape index (κ2) is 5.64. The minimum atomic E-state index is 0.0878. The average Bonchev–Trinajstić information content (AvgIpc) is 2.65. The molecule has 0 radical (unpaired) electrons. The maximum Gasteiger partial charge on any atom is 0.127 e. The summed E-state index contributed by atoms with van der Waals surface area (Å²) >= 11 is 0. The summed E-state index contributed by atoms with van der Waals surface area (Å²) in [6.07, 6.45) is 3.56. The Morgan fingerprint density at radius 1 is 1.28 bits per heavy atom. The lowest BCUT2D eigenvalue weighted by Crippen LogP contribution is -2.10. The van der Waals surface area contributed by atoms with Crippen LogP contribution in [-0.2, 0) is 13.1 Å². The van der Waals surface area contributed by atoms with E-state index in [-0.39, 0.29) is 6.61 Å². The quantitative estimate of drug-likeness (QED) is 0.839. The van der Waals surface area contributed by atoms with Crippen molar-refractivity contribution in [2.24, 2.45) is 0 Å². The summed E-state index contributed by atoms with van der Waals surface area (Å²) in [7, 11) is 0. The van der Waals surface area contributed by atoms with Crippen molar-refractivity contribution in [3.05, 3.63) is 41.3 Å². The molecule has 0 aliphatic heterocycles. The van der Waals surface area contributed by atoms with Gasteiger partial charge in [-0.25, -0.2) is 4.68 Å². The van der Waals surface area contributed by atoms with Crippen LogP contribution in [0.3, 0.4) is 0 Å². The Bertz CT molecular complexity index is 507. The lowest BCUT2D eigenvalue weighted by Gasteiger charge is -2.10. The van der Waals surface area contributed by atoms with Gasteiger partial charge < -0.3 is 10.4 Å². The third-order valence-electron chi connectivity index (χ3n) is 2.95. The van der Waals surface area contributed by atoms with Crippen molar-refractivity contribution < 1.29 is 5.11 Å². The number of aromatic nitrogens is 3. The molecule has 0 aliphatic rings. The highest BCUT2D eigenvalue weighted by molar-refractivity contribution is 5.47. The van der Waals surface area contributed by atoms with Crippen LogP contribution < -0.4 is 5.32 Å². The maximum absolute atomic E-state index is 9.03. The van der Waals surface area contributed by atoms with Crippen molar-refractivity contribution >= 4 is 5.82 Å². The van der Waals surface area contributed by atoms with E-state index < -0.39 is 0 Å². The maximum atomic E-state index is 9.03. The third-order valence-corrected chi connectivity index (χ3v) is 2.95. The lowest BCUT2D eigenvalue weighted by atomic mass is 10.2. The Balaban J connectivity index is 2.13. The highest BCUT2D eigenvalue weighted by Crippen LogP contribution is 2.18. The van der Waals surface area contributed by atoms with E-state index in [2.05, 4.69) is 15.4 Å². The number of anilines is 1. The zero-order valence-electron chi connectivity index (χ0n) is 10.7. The van der Waals surface area contributed by atoms with Crippen LogP contribution >= 0.6 is 0 Å². The summed E-state index contributed by atoms with van der Waals surface area (Å²) < 4.78 is 1.81. The van der Waals surface area contributed by atoms with E-state index in [1.54, 1.807) is 12.4 Å². The largest absolute Gasteiger partial charge is 0.394 e. The third kappa shape index (κ3) is 2.68. The van der Waals surface area contributed by atoms with Gasteiger partial charge in [0.15, 0.2) is 0 Å². The number of nitrogens with zero attached hydrogens (tertiary/aromatic N) is 3. The lowest BCUT2D eigenvalue weighted by molar-refractivity contribution is 0.270. The molecule has 0 atom stereocenters. The molecule has 0 aliphatic carbocycles. The molecule has 2 aromatic rings. The Kier molecular flexibility index (Phi) is 3.94. The van der Waals surface area contributed by atoms with Gasteiger partial charge in [-0.15, -0.1) is 0 Å². The fourth-order valence-corrected chi connectivity index (χ4v) is 1.84. The smallest absolute Gasteiger partial charge is 0.127 e. The number of rotatable bonds is 5. The summed E-state index contributed by atoms with van der Waals surface area (Å²) in [5.41, 5.74) is 3.27. The first-order chi connectivity index (χ1) is 8.72. The monoisotopic (exact) mass is 246 g/mol. The van der Waals surface area contributed by atoms with E-state index in [4.69, 9.17) is 5.11 Å². The molecule has 2 rings (SSSR count). The summed E-state index contributed by atoms with van der Waals surface area (Å²) in [5.74, 6) is 0.971. The number of nitrogens with one attached hydrogen (secondary N) is 1. The molecular formula is C13H18N4O. The van der Waals surface area contributed by atoms with Crippen molar-refractivity contribution in [1.29, 1.82) is 0 Å². The van der Waals surface area contributed by atoms with Crippen LogP contribution in [0.4, 0.5) is 5.82 Å². The van der Waals surface area contributed by atoms with Crippen molar-refractivity contribution in [1.82, 2.24) is 14.8 Å². The molecule has 0 unspecified atom stereocenters. The normalized spacial score (nSPS) is 10.6. The van der Waals surface area contributed by atoms with Crippen molar-refractivity contribution in [3.63, 3.8) is 0 Å². The molecule has 0 bridgehead atoms. The van der Waals surface area contributed by atoms with E-state index >= 15 is 0 Å². The van der Waals surface area contributed by atoms with Crippen molar-refractivity contribution in [2.75, 3.05) is 11.9 Å². The van der Waals surface area contributed by atoms with E-state index in [0.717, 1.165) is 23.6 Å². The minimum Gasteiger partial charge on any atom is -0.394 e. The van der Waals surface area contributed by atoms with E-state index in [0.29, 0.717) is 6.54 Å². The number of aliphatic hydroxyl groups is 1. The molecule has 0 fully saturated rings. The summed E-state index contributed by atoms with van der Waals surface area (Å²) in [6.45, 7) is 5.32. The van der Waals surface area contributed by atoms with Gasteiger partial charge in [0.2, 0.25) is 0 Å². The number of aryl methyl sites for hydroxylation is 1. The predicted molar refractivity (Wildman–Crippen MR) is 70.4 cm³/mol. The van der Waals surface area contributed by atoms with Crippen molar-refractivity contribution in [3.8, 4) is 0 Å². The van der Waals surface area contributed by atoms with Crippen LogP contribution in [-0.4, -0.2) is 26.5 Å². The highest BCUT2D eigenvalue weighted by atomic mass is 16.3. The van der Waals surface area contributed by atoms with E-state index in [1.807, 2.05) is 30.7 Å². The number of pyridine rings is 1. The molecule has 0 amide bonds. The first-order valence-corrected chi connectivity index (χ1v) is 6.00. The molecular weight excluding hydrogens is 228 g/mol. The Morgan fingerprint density at radius 2 is 2.00 bits per heavy atom. The number of aliphatic hydroxyl groups excluding tert-OH is 1. The molecule has 0 aromatic carbocycles. The topological polar surface area (TPSA) is 63.0 Å². The Labute approximate surface area is 106 Å². The van der Waals surface area contributed by atoms with E-state index in [1.165, 1.54) is 5.56 Å². The van der Waals surface area contributed by atoms with Gasteiger partial charge in [-0.3, -0.25) is 4.98 Å². The zero-order valence-corrected chi connectivity index (χ0v) is 10.7. The van der Waals surface area contributed by atoms with Crippen LogP contribution in [0.25, 0.3) is 0 Å². The summed E-state index contributed by atoms with van der Waals surface area (Å²) in [4.78, 5) is 3.99. The Morgan fingerprint density at radius 3 is 2.67 bits per heavy atom. The van der Waals surface area contributed by atoms with Gasteiger partial charge in [0.05, 0.1) is 18.8 Å². The molecule has 0 saturated carbocycles. The van der Waals surface area contributed by atoms with Crippen LogP contribution in [0, 0.1) is 13.8 Å². The molecule has 2 N–H and O–H groups in total. The summed E-state index contributed by atoms with van der Waals surface area (Å²) in [5, 5.41) is 16.8. The first-order valence-electron chi connectivity index (χ1n) is 6.00. The van der Waals surface area contributed by atoms with Gasteiger partial charge in [0.25, 0.3) is 0 Å². The van der Waals surface area contributed by atoms with Crippen LogP contribution in [0.5, 0.6) is 0 Å². The molecule has 18 heavy (non-hydrogen) atoms. The van der Waals surface area contributed by atoms with Gasteiger partial charge in [-0.2, -0.15) is 5.10 Å². The molecule has 96 valence electrons. The molecule has 0 saturated heterocycles. The highest BCUT2D eigenvalue weighted by Gasteiger charge is 2.10. The molecule has 2 aromatic heterocycles. The fourth-order valence-electron chi connectivity index (χ4n) is 1.84. The van der Waals surface area contributed by atoms with Gasteiger partial charge in [-0.1, -0.05) is 0 Å². The SMILES string of the molecule is Cc1nn(CCO)c(NCc2ccncc2)c1C. The fraction of sp³-hybridized carbons (Fsp3) is 0.385. The Hall–Kier alpha value is -1.88. The van der Waals surface area contributed by atoms with Crippen molar-refractivity contribution in [2.45, 2.75) is 26.9 Å². The van der Waals surface area contributed by atoms with Gasteiger partial charge in [0, 0.05) is 24.5 Å². The van der Waals surface area contributed by atoms with E-state index in [9.17, 15) is 0 Å². The first kappa shape index (κ1) is 12.6. The van der Waals surface area contributed by atoms with Crippen LogP contribution in [0.1, 0.15) is 16.8 Å². The predicted octanol–water partition coefficient (Wildman–Crippen LogP) is 1.50.